The number of amides is 1. The highest BCUT2D eigenvalue weighted by Gasteiger charge is 2.23. The molecule has 2 atom stereocenters. The fraction of sp³-hybridized carbons (Fsp3) is 0.818. The second-order valence-corrected chi connectivity index (χ2v) is 3.87. The van der Waals surface area contributed by atoms with Gasteiger partial charge in [-0.25, -0.2) is 0 Å². The average Bonchev–Trinajstić information content (AvgIpc) is 2.14. The molecule has 2 unspecified atom stereocenters. The summed E-state index contributed by atoms with van der Waals surface area (Å²) in [4.78, 5) is 22.6. The van der Waals surface area contributed by atoms with Crippen LogP contribution in [-0.4, -0.2) is 11.7 Å². The lowest BCUT2D eigenvalue weighted by molar-refractivity contribution is -0.130. The van der Waals surface area contributed by atoms with Crippen LogP contribution in [0.25, 0.3) is 0 Å². The summed E-state index contributed by atoms with van der Waals surface area (Å²) >= 11 is 0. The third-order valence-corrected chi connectivity index (χ3v) is 2.59. The van der Waals surface area contributed by atoms with E-state index in [2.05, 4.69) is 0 Å². The van der Waals surface area contributed by atoms with Gasteiger partial charge in [0, 0.05) is 18.3 Å². The molecule has 0 aliphatic carbocycles. The Morgan fingerprint density at radius 3 is 2.21 bits per heavy atom. The first-order chi connectivity index (χ1) is 6.52. The number of carbonyl (C=O) groups is 2. The molecule has 0 aromatic rings. The van der Waals surface area contributed by atoms with Crippen molar-refractivity contribution in [2.24, 2.45) is 17.6 Å². The maximum Gasteiger partial charge on any atom is 0.218 e. The Morgan fingerprint density at radius 1 is 1.29 bits per heavy atom. The normalized spacial score (nSPS) is 14.8. The third-order valence-electron chi connectivity index (χ3n) is 2.59. The van der Waals surface area contributed by atoms with Gasteiger partial charge >= 0.3 is 0 Å². The summed E-state index contributed by atoms with van der Waals surface area (Å²) in [5, 5.41) is 0. The van der Waals surface area contributed by atoms with Crippen molar-refractivity contribution in [2.45, 2.75) is 46.5 Å². The zero-order valence-corrected chi connectivity index (χ0v) is 9.38. The molecule has 0 fully saturated rings. The molecule has 0 saturated carbocycles. The van der Waals surface area contributed by atoms with Crippen molar-refractivity contribution in [1.29, 1.82) is 0 Å². The Labute approximate surface area is 86.1 Å². The molecule has 0 bridgehead atoms. The molecule has 82 valence electrons. The molecule has 14 heavy (non-hydrogen) atoms. The van der Waals surface area contributed by atoms with Crippen LogP contribution in [0.4, 0.5) is 0 Å². The van der Waals surface area contributed by atoms with Crippen LogP contribution in [0.15, 0.2) is 0 Å². The van der Waals surface area contributed by atoms with Gasteiger partial charge in [0.05, 0.1) is 0 Å². The van der Waals surface area contributed by atoms with Crippen molar-refractivity contribution < 1.29 is 9.59 Å². The van der Waals surface area contributed by atoms with E-state index < -0.39 is 0 Å². The van der Waals surface area contributed by atoms with Gasteiger partial charge in [0.1, 0.15) is 5.78 Å². The third kappa shape index (κ3) is 4.40. The SMILES string of the molecule is CCCC(CC(N)=O)C(=O)C(C)CC. The highest BCUT2D eigenvalue weighted by Crippen LogP contribution is 2.18. The van der Waals surface area contributed by atoms with Gasteiger partial charge in [-0.05, 0) is 12.8 Å². The molecule has 3 heteroatoms. The highest BCUT2D eigenvalue weighted by molar-refractivity contribution is 5.87. The molecule has 0 aliphatic rings. The number of nitrogens with two attached hydrogens (primary N) is 1. The average molecular weight is 199 g/mol. The topological polar surface area (TPSA) is 60.2 Å². The highest BCUT2D eigenvalue weighted by atomic mass is 16.1. The van der Waals surface area contributed by atoms with Gasteiger partial charge in [-0.15, -0.1) is 0 Å². The molecule has 3 nitrogen and oxygen atoms in total. The minimum absolute atomic E-state index is 0.0471. The molecule has 0 heterocycles. The van der Waals surface area contributed by atoms with E-state index >= 15 is 0 Å². The van der Waals surface area contributed by atoms with Gasteiger partial charge in [-0.2, -0.15) is 0 Å². The summed E-state index contributed by atoms with van der Waals surface area (Å²) in [6.45, 7) is 5.90. The number of carbonyl (C=O) groups excluding carboxylic acids is 2. The van der Waals surface area contributed by atoms with Gasteiger partial charge in [0.15, 0.2) is 0 Å². The zero-order chi connectivity index (χ0) is 11.1. The van der Waals surface area contributed by atoms with Crippen LogP contribution < -0.4 is 5.73 Å². The number of rotatable bonds is 7. The minimum Gasteiger partial charge on any atom is -0.370 e. The van der Waals surface area contributed by atoms with Crippen LogP contribution in [0.1, 0.15) is 46.5 Å². The molecular formula is C11H21NO2. The molecule has 0 aromatic carbocycles. The first-order valence-electron chi connectivity index (χ1n) is 5.34. The van der Waals surface area contributed by atoms with E-state index in [1.807, 2.05) is 20.8 Å². The lowest BCUT2D eigenvalue weighted by Gasteiger charge is -2.16. The number of ketones is 1. The van der Waals surface area contributed by atoms with Crippen LogP contribution in [0.3, 0.4) is 0 Å². The summed E-state index contributed by atoms with van der Waals surface area (Å²) in [7, 11) is 0. The van der Waals surface area contributed by atoms with Crippen LogP contribution in [0.2, 0.25) is 0 Å². The van der Waals surface area contributed by atoms with Gasteiger partial charge in [0.25, 0.3) is 0 Å². The van der Waals surface area contributed by atoms with Crippen LogP contribution in [0.5, 0.6) is 0 Å². The second-order valence-electron chi connectivity index (χ2n) is 3.87. The van der Waals surface area contributed by atoms with Crippen LogP contribution >= 0.6 is 0 Å². The molecule has 0 rings (SSSR count). The molecule has 0 aliphatic heterocycles. The summed E-state index contributed by atoms with van der Waals surface area (Å²) in [6.07, 6.45) is 2.72. The fourth-order valence-corrected chi connectivity index (χ4v) is 1.54. The lowest BCUT2D eigenvalue weighted by atomic mass is 9.87. The van der Waals surface area contributed by atoms with Gasteiger partial charge in [0.2, 0.25) is 5.91 Å². The summed E-state index contributed by atoms with van der Waals surface area (Å²) in [5.74, 6) is -0.299. The number of Topliss-reactive ketones (excluding diaryl/α,β-unsaturated/α-hetero) is 1. The standard InChI is InChI=1S/C11H21NO2/c1-4-6-9(7-10(12)13)11(14)8(3)5-2/h8-9H,4-7H2,1-3H3,(H2,12,13). The van der Waals surface area contributed by atoms with Crippen molar-refractivity contribution in [1.82, 2.24) is 0 Å². The number of hydrogen-bond acceptors (Lipinski definition) is 2. The van der Waals surface area contributed by atoms with E-state index in [-0.39, 0.29) is 29.9 Å². The number of primary amides is 1. The Balaban J connectivity index is 4.31. The van der Waals surface area contributed by atoms with Gasteiger partial charge in [-0.3, -0.25) is 9.59 Å². The predicted molar refractivity (Wildman–Crippen MR) is 56.7 cm³/mol. The molecule has 0 spiro atoms. The van der Waals surface area contributed by atoms with Crippen LogP contribution in [0, 0.1) is 11.8 Å². The van der Waals surface area contributed by atoms with Gasteiger partial charge in [-0.1, -0.05) is 27.2 Å². The minimum atomic E-state index is -0.375. The monoisotopic (exact) mass is 199 g/mol. The maximum atomic E-state index is 11.8. The molecule has 0 aromatic heterocycles. The summed E-state index contributed by atoms with van der Waals surface area (Å²) in [6, 6.07) is 0. The molecule has 1 amide bonds. The van der Waals surface area contributed by atoms with E-state index in [1.165, 1.54) is 0 Å². The largest absolute Gasteiger partial charge is 0.370 e. The lowest BCUT2D eigenvalue weighted by Crippen LogP contribution is -2.26. The Kier molecular flexibility index (Phi) is 6.17. The Morgan fingerprint density at radius 2 is 1.86 bits per heavy atom. The summed E-state index contributed by atoms with van der Waals surface area (Å²) < 4.78 is 0. The predicted octanol–water partition coefficient (Wildman–Crippen LogP) is 1.89. The van der Waals surface area contributed by atoms with Crippen molar-refractivity contribution in [3.63, 3.8) is 0 Å². The number of hydrogen-bond donors (Lipinski definition) is 1. The van der Waals surface area contributed by atoms with E-state index in [0.717, 1.165) is 19.3 Å². The second kappa shape index (κ2) is 6.57. The van der Waals surface area contributed by atoms with E-state index in [9.17, 15) is 9.59 Å². The quantitative estimate of drug-likeness (QED) is 0.680. The maximum absolute atomic E-state index is 11.8. The molecule has 2 N–H and O–H groups in total. The fourth-order valence-electron chi connectivity index (χ4n) is 1.54. The molecule has 0 saturated heterocycles. The Bertz CT molecular complexity index is 201. The molecular weight excluding hydrogens is 178 g/mol. The van der Waals surface area contributed by atoms with E-state index in [0.29, 0.717) is 0 Å². The zero-order valence-electron chi connectivity index (χ0n) is 9.38. The molecule has 0 radical (unpaired) electrons. The van der Waals surface area contributed by atoms with Crippen molar-refractivity contribution in [3.8, 4) is 0 Å². The van der Waals surface area contributed by atoms with Crippen LogP contribution in [-0.2, 0) is 9.59 Å². The van der Waals surface area contributed by atoms with Crippen molar-refractivity contribution in [2.75, 3.05) is 0 Å². The smallest absolute Gasteiger partial charge is 0.218 e. The summed E-state index contributed by atoms with van der Waals surface area (Å²) in [5.41, 5.74) is 5.11. The first kappa shape index (κ1) is 13.1. The first-order valence-corrected chi connectivity index (χ1v) is 5.34. The van der Waals surface area contributed by atoms with E-state index in [4.69, 9.17) is 5.73 Å². The van der Waals surface area contributed by atoms with Gasteiger partial charge < -0.3 is 5.73 Å². The van der Waals surface area contributed by atoms with E-state index in [1.54, 1.807) is 0 Å². The van der Waals surface area contributed by atoms with Crippen molar-refractivity contribution in [3.05, 3.63) is 0 Å². The van der Waals surface area contributed by atoms with Crippen molar-refractivity contribution >= 4 is 11.7 Å². The Hall–Kier alpha value is -0.860.